The smallest absolute Gasteiger partial charge is 0.227 e. The van der Waals surface area contributed by atoms with Crippen molar-refractivity contribution in [3.05, 3.63) is 24.3 Å². The van der Waals surface area contributed by atoms with Crippen LogP contribution in [-0.2, 0) is 4.79 Å². The molecule has 1 aromatic carbocycles. The Morgan fingerprint density at radius 3 is 2.45 bits per heavy atom. The number of nitrogens with one attached hydrogen (secondary N) is 1. The zero-order valence-corrected chi connectivity index (χ0v) is 12.3. The van der Waals surface area contributed by atoms with Crippen LogP contribution in [0.25, 0.3) is 0 Å². The molecule has 1 aliphatic carbocycles. The van der Waals surface area contributed by atoms with E-state index in [2.05, 4.69) is 29.3 Å². The van der Waals surface area contributed by atoms with E-state index in [4.69, 9.17) is 0 Å². The first-order valence-corrected chi connectivity index (χ1v) is 7.90. The third-order valence-corrected chi connectivity index (χ3v) is 4.55. The molecule has 0 radical (unpaired) electrons. The Morgan fingerprint density at radius 2 is 1.80 bits per heavy atom. The van der Waals surface area contributed by atoms with Crippen molar-refractivity contribution in [3.8, 4) is 0 Å². The molecule has 3 heteroatoms. The van der Waals surface area contributed by atoms with Gasteiger partial charge in [0.1, 0.15) is 0 Å². The predicted molar refractivity (Wildman–Crippen MR) is 83.0 cm³/mol. The zero-order chi connectivity index (χ0) is 13.9. The lowest BCUT2D eigenvalue weighted by molar-refractivity contribution is -0.117. The lowest BCUT2D eigenvalue weighted by atomic mass is 10.2. The molecular formula is C17H24N2O. The monoisotopic (exact) mass is 272 g/mol. The van der Waals surface area contributed by atoms with Gasteiger partial charge in [-0.15, -0.1) is 0 Å². The Kier molecular flexibility index (Phi) is 3.95. The summed E-state index contributed by atoms with van der Waals surface area (Å²) in [5.74, 6) is 0.979. The van der Waals surface area contributed by atoms with Crippen molar-refractivity contribution in [2.24, 2.45) is 11.8 Å². The van der Waals surface area contributed by atoms with E-state index in [1.54, 1.807) is 0 Å². The molecule has 1 heterocycles. The molecule has 0 unspecified atom stereocenters. The Balaban J connectivity index is 1.75. The summed E-state index contributed by atoms with van der Waals surface area (Å²) in [6, 6.07) is 8.24. The maximum atomic E-state index is 12.2. The average Bonchev–Trinajstić information content (AvgIpc) is 3.22. The highest BCUT2D eigenvalue weighted by atomic mass is 16.2. The molecule has 0 spiro atoms. The Labute approximate surface area is 121 Å². The second kappa shape index (κ2) is 5.86. The molecule has 2 aliphatic rings. The fraction of sp³-hybridized carbons (Fsp3) is 0.588. The van der Waals surface area contributed by atoms with Gasteiger partial charge in [0.05, 0.1) is 11.4 Å². The van der Waals surface area contributed by atoms with E-state index in [9.17, 15) is 4.79 Å². The Bertz CT molecular complexity index is 478. The topological polar surface area (TPSA) is 32.3 Å². The summed E-state index contributed by atoms with van der Waals surface area (Å²) >= 11 is 0. The standard InChI is InChI=1S/C17H24N2O/c1-13-12-14(13)17(20)18-15-8-4-5-9-16(15)19-10-6-2-3-7-11-19/h4-5,8-9,13-14H,2-3,6-7,10-12H2,1H3,(H,18,20)/t13-,14-/m0/s1. The van der Waals surface area contributed by atoms with Crippen molar-refractivity contribution in [3.63, 3.8) is 0 Å². The van der Waals surface area contributed by atoms with Crippen molar-refractivity contribution in [1.82, 2.24) is 0 Å². The highest BCUT2D eigenvalue weighted by Gasteiger charge is 2.39. The number of anilines is 2. The quantitative estimate of drug-likeness (QED) is 0.910. The molecule has 1 saturated heterocycles. The lowest BCUT2D eigenvalue weighted by Crippen LogP contribution is -2.26. The summed E-state index contributed by atoms with van der Waals surface area (Å²) in [5, 5.41) is 3.14. The van der Waals surface area contributed by atoms with Gasteiger partial charge >= 0.3 is 0 Å². The van der Waals surface area contributed by atoms with E-state index in [-0.39, 0.29) is 11.8 Å². The first-order chi connectivity index (χ1) is 9.75. The molecule has 1 aromatic rings. The highest BCUT2D eigenvalue weighted by molar-refractivity contribution is 5.97. The second-order valence-electron chi connectivity index (χ2n) is 6.23. The van der Waals surface area contributed by atoms with Crippen LogP contribution in [0.15, 0.2) is 24.3 Å². The van der Waals surface area contributed by atoms with Crippen LogP contribution in [0.2, 0.25) is 0 Å². The number of carbonyl (C=O) groups excluding carboxylic acids is 1. The van der Waals surface area contributed by atoms with E-state index in [0.717, 1.165) is 25.2 Å². The molecule has 1 N–H and O–H groups in total. The van der Waals surface area contributed by atoms with Crippen molar-refractivity contribution >= 4 is 17.3 Å². The normalized spacial score (nSPS) is 25.9. The maximum Gasteiger partial charge on any atom is 0.227 e. The number of nitrogens with zero attached hydrogens (tertiary/aromatic N) is 1. The van der Waals surface area contributed by atoms with Crippen molar-refractivity contribution < 1.29 is 4.79 Å². The van der Waals surface area contributed by atoms with E-state index in [1.165, 1.54) is 31.4 Å². The fourth-order valence-corrected chi connectivity index (χ4v) is 3.08. The zero-order valence-electron chi connectivity index (χ0n) is 12.3. The molecule has 0 aromatic heterocycles. The van der Waals surface area contributed by atoms with Crippen LogP contribution in [0, 0.1) is 11.8 Å². The second-order valence-corrected chi connectivity index (χ2v) is 6.23. The minimum Gasteiger partial charge on any atom is -0.370 e. The van der Waals surface area contributed by atoms with Crippen LogP contribution >= 0.6 is 0 Å². The van der Waals surface area contributed by atoms with E-state index >= 15 is 0 Å². The van der Waals surface area contributed by atoms with Gasteiger partial charge in [-0.3, -0.25) is 4.79 Å². The molecule has 1 saturated carbocycles. The van der Waals surface area contributed by atoms with Gasteiger partial charge < -0.3 is 10.2 Å². The summed E-state index contributed by atoms with van der Waals surface area (Å²) < 4.78 is 0. The first kappa shape index (κ1) is 13.5. The third kappa shape index (κ3) is 2.97. The number of rotatable bonds is 3. The number of amides is 1. The molecule has 3 nitrogen and oxygen atoms in total. The summed E-state index contributed by atoms with van der Waals surface area (Å²) in [6.45, 7) is 4.35. The van der Waals surface area contributed by atoms with Crippen LogP contribution in [0.3, 0.4) is 0 Å². The highest BCUT2D eigenvalue weighted by Crippen LogP contribution is 2.39. The van der Waals surface area contributed by atoms with Crippen molar-refractivity contribution in [2.45, 2.75) is 39.0 Å². The van der Waals surface area contributed by atoms with Crippen molar-refractivity contribution in [1.29, 1.82) is 0 Å². The van der Waals surface area contributed by atoms with Gasteiger partial charge in [0, 0.05) is 19.0 Å². The number of hydrogen-bond donors (Lipinski definition) is 1. The molecular weight excluding hydrogens is 248 g/mol. The van der Waals surface area contributed by atoms with E-state index < -0.39 is 0 Å². The van der Waals surface area contributed by atoms with Gasteiger partial charge in [-0.25, -0.2) is 0 Å². The Hall–Kier alpha value is -1.51. The molecule has 108 valence electrons. The van der Waals surface area contributed by atoms with Gasteiger partial charge in [0.25, 0.3) is 0 Å². The van der Waals surface area contributed by atoms with Gasteiger partial charge in [0.2, 0.25) is 5.91 Å². The van der Waals surface area contributed by atoms with Gasteiger partial charge in [-0.1, -0.05) is 31.9 Å². The van der Waals surface area contributed by atoms with Crippen LogP contribution < -0.4 is 10.2 Å². The number of para-hydroxylation sites is 2. The summed E-state index contributed by atoms with van der Waals surface area (Å²) in [7, 11) is 0. The van der Waals surface area contributed by atoms with E-state index in [1.807, 2.05) is 12.1 Å². The van der Waals surface area contributed by atoms with Crippen LogP contribution in [-0.4, -0.2) is 19.0 Å². The molecule has 1 amide bonds. The van der Waals surface area contributed by atoms with Gasteiger partial charge in [-0.05, 0) is 37.3 Å². The minimum atomic E-state index is 0.194. The van der Waals surface area contributed by atoms with Crippen molar-refractivity contribution in [2.75, 3.05) is 23.3 Å². The van der Waals surface area contributed by atoms with Gasteiger partial charge in [0.15, 0.2) is 0 Å². The summed E-state index contributed by atoms with van der Waals surface area (Å²) in [4.78, 5) is 14.6. The molecule has 20 heavy (non-hydrogen) atoms. The third-order valence-electron chi connectivity index (χ3n) is 4.55. The average molecular weight is 272 g/mol. The fourth-order valence-electron chi connectivity index (χ4n) is 3.08. The number of hydrogen-bond acceptors (Lipinski definition) is 2. The molecule has 2 fully saturated rings. The minimum absolute atomic E-state index is 0.194. The largest absolute Gasteiger partial charge is 0.370 e. The SMILES string of the molecule is C[C@H]1C[C@@H]1C(=O)Nc1ccccc1N1CCCCCC1. The predicted octanol–water partition coefficient (Wildman–Crippen LogP) is 3.66. The summed E-state index contributed by atoms with van der Waals surface area (Å²) in [5.41, 5.74) is 2.18. The molecule has 3 rings (SSSR count). The molecule has 0 bridgehead atoms. The van der Waals surface area contributed by atoms with Crippen LogP contribution in [0.5, 0.6) is 0 Å². The molecule has 1 aliphatic heterocycles. The first-order valence-electron chi connectivity index (χ1n) is 7.90. The Morgan fingerprint density at radius 1 is 1.15 bits per heavy atom. The van der Waals surface area contributed by atoms with Gasteiger partial charge in [-0.2, -0.15) is 0 Å². The maximum absolute atomic E-state index is 12.2. The van der Waals surface area contributed by atoms with E-state index in [0.29, 0.717) is 5.92 Å². The van der Waals surface area contributed by atoms with Crippen LogP contribution in [0.1, 0.15) is 39.0 Å². The summed E-state index contributed by atoms with van der Waals surface area (Å²) in [6.07, 6.45) is 6.19. The van der Waals surface area contributed by atoms with Crippen LogP contribution in [0.4, 0.5) is 11.4 Å². The number of carbonyl (C=O) groups is 1. The lowest BCUT2D eigenvalue weighted by Gasteiger charge is -2.25. The number of benzene rings is 1. The molecule has 2 atom stereocenters.